The van der Waals surface area contributed by atoms with Crippen molar-refractivity contribution in [1.82, 2.24) is 10.2 Å². The van der Waals surface area contributed by atoms with Crippen molar-refractivity contribution in [3.63, 3.8) is 0 Å². The molecular formula is C10H18N2O3. The number of nitrogens with zero attached hydrogens (tertiary/aromatic N) is 1. The third kappa shape index (κ3) is 2.84. The maximum Gasteiger partial charge on any atom is 0.407 e. The van der Waals surface area contributed by atoms with Crippen molar-refractivity contribution in [2.24, 2.45) is 0 Å². The van der Waals surface area contributed by atoms with Crippen molar-refractivity contribution in [2.75, 3.05) is 13.7 Å². The van der Waals surface area contributed by atoms with Gasteiger partial charge in [-0.1, -0.05) is 0 Å². The fourth-order valence-electron chi connectivity index (χ4n) is 1.81. The van der Waals surface area contributed by atoms with Crippen LogP contribution < -0.4 is 5.32 Å². The van der Waals surface area contributed by atoms with Crippen LogP contribution in [0.2, 0.25) is 0 Å². The summed E-state index contributed by atoms with van der Waals surface area (Å²) < 4.78 is 4.44. The third-order valence-corrected chi connectivity index (χ3v) is 2.73. The Kier molecular flexibility index (Phi) is 3.94. The van der Waals surface area contributed by atoms with Gasteiger partial charge in [-0.2, -0.15) is 0 Å². The lowest BCUT2D eigenvalue weighted by atomic mass is 10.2. The number of alkyl carbamates (subject to hydrolysis) is 1. The molecule has 86 valence electrons. The van der Waals surface area contributed by atoms with Gasteiger partial charge in [0.05, 0.1) is 7.11 Å². The molecule has 2 atom stereocenters. The standard InChI is InChI=1S/C10H18N2O3/c1-7-5-4-6-12(7)9(13)8(2)11-10(14)15-3/h7-8H,4-6H2,1-3H3,(H,11,14). The number of methoxy groups -OCH3 is 1. The Morgan fingerprint density at radius 2 is 2.20 bits per heavy atom. The molecule has 1 saturated heterocycles. The lowest BCUT2D eigenvalue weighted by Gasteiger charge is -2.25. The van der Waals surface area contributed by atoms with Crippen molar-refractivity contribution in [1.29, 1.82) is 0 Å². The van der Waals surface area contributed by atoms with Crippen molar-refractivity contribution in [3.8, 4) is 0 Å². The largest absolute Gasteiger partial charge is 0.453 e. The topological polar surface area (TPSA) is 58.6 Å². The lowest BCUT2D eigenvalue weighted by Crippen LogP contribution is -2.47. The second kappa shape index (κ2) is 5.00. The molecule has 0 saturated carbocycles. The summed E-state index contributed by atoms with van der Waals surface area (Å²) in [6, 6.07) is -0.239. The van der Waals surface area contributed by atoms with Gasteiger partial charge in [-0.15, -0.1) is 0 Å². The van der Waals surface area contributed by atoms with Gasteiger partial charge < -0.3 is 15.0 Å². The second-order valence-corrected chi connectivity index (χ2v) is 3.88. The Labute approximate surface area is 89.8 Å². The quantitative estimate of drug-likeness (QED) is 0.737. The van der Waals surface area contributed by atoms with Gasteiger partial charge in [0, 0.05) is 12.6 Å². The van der Waals surface area contributed by atoms with Crippen molar-refractivity contribution in [3.05, 3.63) is 0 Å². The molecule has 0 aromatic carbocycles. The van der Waals surface area contributed by atoms with Crippen LogP contribution in [0.3, 0.4) is 0 Å². The first-order valence-corrected chi connectivity index (χ1v) is 5.21. The van der Waals surface area contributed by atoms with Crippen LogP contribution >= 0.6 is 0 Å². The minimum Gasteiger partial charge on any atom is -0.453 e. The molecule has 0 aliphatic carbocycles. The molecule has 1 aliphatic rings. The highest BCUT2D eigenvalue weighted by molar-refractivity contribution is 5.85. The molecule has 1 heterocycles. The van der Waals surface area contributed by atoms with E-state index in [1.807, 2.05) is 6.92 Å². The molecule has 0 aromatic heterocycles. The number of rotatable bonds is 2. The summed E-state index contributed by atoms with van der Waals surface area (Å²) in [6.07, 6.45) is 1.51. The Morgan fingerprint density at radius 3 is 2.67 bits per heavy atom. The van der Waals surface area contributed by atoms with E-state index >= 15 is 0 Å². The number of amides is 2. The zero-order chi connectivity index (χ0) is 11.4. The first-order chi connectivity index (χ1) is 7.06. The van der Waals surface area contributed by atoms with Crippen molar-refractivity contribution >= 4 is 12.0 Å². The molecule has 0 spiro atoms. The zero-order valence-electron chi connectivity index (χ0n) is 9.45. The Balaban J connectivity index is 2.48. The van der Waals surface area contributed by atoms with Crippen LogP contribution in [0.15, 0.2) is 0 Å². The molecule has 5 heteroatoms. The van der Waals surface area contributed by atoms with E-state index in [9.17, 15) is 9.59 Å². The Hall–Kier alpha value is -1.26. The number of carbonyl (C=O) groups is 2. The fraction of sp³-hybridized carbons (Fsp3) is 0.800. The molecule has 0 bridgehead atoms. The Bertz CT molecular complexity index is 255. The van der Waals surface area contributed by atoms with Gasteiger partial charge in [-0.05, 0) is 26.7 Å². The first kappa shape index (κ1) is 11.8. The van der Waals surface area contributed by atoms with Crippen LogP contribution in [0.4, 0.5) is 4.79 Å². The molecule has 5 nitrogen and oxygen atoms in total. The highest BCUT2D eigenvalue weighted by atomic mass is 16.5. The average molecular weight is 214 g/mol. The molecule has 1 fully saturated rings. The number of ether oxygens (including phenoxy) is 1. The van der Waals surface area contributed by atoms with E-state index in [2.05, 4.69) is 10.1 Å². The summed E-state index contributed by atoms with van der Waals surface area (Å²) in [6.45, 7) is 4.48. The second-order valence-electron chi connectivity index (χ2n) is 3.88. The zero-order valence-corrected chi connectivity index (χ0v) is 9.45. The molecule has 2 unspecified atom stereocenters. The van der Waals surface area contributed by atoms with Crippen LogP contribution in [0.5, 0.6) is 0 Å². The average Bonchev–Trinajstić information content (AvgIpc) is 2.63. The smallest absolute Gasteiger partial charge is 0.407 e. The number of carbonyl (C=O) groups excluding carboxylic acids is 2. The minimum atomic E-state index is -0.567. The lowest BCUT2D eigenvalue weighted by molar-refractivity contribution is -0.133. The summed E-state index contributed by atoms with van der Waals surface area (Å²) in [5.41, 5.74) is 0. The predicted molar refractivity (Wildman–Crippen MR) is 55.4 cm³/mol. The first-order valence-electron chi connectivity index (χ1n) is 5.21. The molecule has 1 aliphatic heterocycles. The molecule has 0 radical (unpaired) electrons. The highest BCUT2D eigenvalue weighted by Crippen LogP contribution is 2.17. The fourth-order valence-corrected chi connectivity index (χ4v) is 1.81. The van der Waals surface area contributed by atoms with Gasteiger partial charge >= 0.3 is 6.09 Å². The van der Waals surface area contributed by atoms with Crippen LogP contribution in [0.1, 0.15) is 26.7 Å². The number of hydrogen-bond donors (Lipinski definition) is 1. The summed E-state index contributed by atoms with van der Waals surface area (Å²) >= 11 is 0. The number of likely N-dealkylation sites (tertiary alicyclic amines) is 1. The van der Waals surface area contributed by atoms with E-state index in [1.54, 1.807) is 11.8 Å². The maximum atomic E-state index is 11.9. The van der Waals surface area contributed by atoms with Crippen molar-refractivity contribution in [2.45, 2.75) is 38.8 Å². The van der Waals surface area contributed by atoms with E-state index in [0.717, 1.165) is 19.4 Å². The molecule has 2 amide bonds. The third-order valence-electron chi connectivity index (χ3n) is 2.73. The van der Waals surface area contributed by atoms with E-state index in [-0.39, 0.29) is 11.9 Å². The molecule has 1 rings (SSSR count). The van der Waals surface area contributed by atoms with Gasteiger partial charge in [0.15, 0.2) is 0 Å². The SMILES string of the molecule is COC(=O)NC(C)C(=O)N1CCCC1C. The van der Waals surface area contributed by atoms with Crippen molar-refractivity contribution < 1.29 is 14.3 Å². The minimum absolute atomic E-state index is 0.0367. The predicted octanol–water partition coefficient (Wildman–Crippen LogP) is 0.742. The summed E-state index contributed by atoms with van der Waals surface area (Å²) in [4.78, 5) is 24.6. The molecular weight excluding hydrogens is 196 g/mol. The van der Waals surface area contributed by atoms with E-state index in [0.29, 0.717) is 0 Å². The highest BCUT2D eigenvalue weighted by Gasteiger charge is 2.29. The molecule has 15 heavy (non-hydrogen) atoms. The van der Waals surface area contributed by atoms with E-state index in [4.69, 9.17) is 0 Å². The van der Waals surface area contributed by atoms with Crippen LogP contribution in [-0.2, 0) is 9.53 Å². The monoisotopic (exact) mass is 214 g/mol. The van der Waals surface area contributed by atoms with Crippen LogP contribution in [0, 0.1) is 0 Å². The van der Waals surface area contributed by atoms with Crippen LogP contribution in [0.25, 0.3) is 0 Å². The van der Waals surface area contributed by atoms with Crippen LogP contribution in [-0.4, -0.2) is 42.6 Å². The number of nitrogens with one attached hydrogen (secondary N) is 1. The van der Waals surface area contributed by atoms with Gasteiger partial charge in [0.2, 0.25) is 5.91 Å². The molecule has 1 N–H and O–H groups in total. The Morgan fingerprint density at radius 1 is 1.53 bits per heavy atom. The summed E-state index contributed by atoms with van der Waals surface area (Å²) in [7, 11) is 1.28. The van der Waals surface area contributed by atoms with Gasteiger partial charge in [0.25, 0.3) is 0 Å². The summed E-state index contributed by atoms with van der Waals surface area (Å²) in [5, 5.41) is 2.47. The van der Waals surface area contributed by atoms with E-state index < -0.39 is 12.1 Å². The maximum absolute atomic E-state index is 11.9. The molecule has 0 aromatic rings. The summed E-state index contributed by atoms with van der Waals surface area (Å²) in [5.74, 6) is -0.0367. The number of hydrogen-bond acceptors (Lipinski definition) is 3. The van der Waals surface area contributed by atoms with Gasteiger partial charge in [0.1, 0.15) is 6.04 Å². The van der Waals surface area contributed by atoms with Gasteiger partial charge in [-0.3, -0.25) is 4.79 Å². The van der Waals surface area contributed by atoms with Gasteiger partial charge in [-0.25, -0.2) is 4.79 Å². The van der Waals surface area contributed by atoms with E-state index in [1.165, 1.54) is 7.11 Å². The normalized spacial score (nSPS) is 22.3.